The summed E-state index contributed by atoms with van der Waals surface area (Å²) in [6, 6.07) is 11.3. The molecule has 0 bridgehead atoms. The Kier molecular flexibility index (Phi) is 5.28. The quantitative estimate of drug-likeness (QED) is 0.872. The smallest absolute Gasteiger partial charge is 0.129 e. The summed E-state index contributed by atoms with van der Waals surface area (Å²) in [4.78, 5) is 0. The molecule has 0 aliphatic carbocycles. The number of likely N-dealkylation sites (N-methyl/N-ethyl adjacent to an activating group) is 1. The van der Waals surface area contributed by atoms with E-state index in [1.807, 2.05) is 31.2 Å². The summed E-state index contributed by atoms with van der Waals surface area (Å²) in [5.41, 5.74) is 1.05. The predicted molar refractivity (Wildman–Crippen MR) is 79.5 cm³/mol. The molecule has 112 valence electrons. The molecule has 2 rings (SSSR count). The van der Waals surface area contributed by atoms with E-state index in [1.165, 1.54) is 18.2 Å². The fourth-order valence-electron chi connectivity index (χ4n) is 2.34. The zero-order chi connectivity index (χ0) is 15.2. The minimum atomic E-state index is -0.513. The van der Waals surface area contributed by atoms with Gasteiger partial charge in [0.25, 0.3) is 0 Å². The largest absolute Gasteiger partial charge is 0.497 e. The van der Waals surface area contributed by atoms with Gasteiger partial charge >= 0.3 is 0 Å². The number of methoxy groups -OCH3 is 1. The van der Waals surface area contributed by atoms with Crippen LogP contribution in [0.25, 0.3) is 0 Å². The van der Waals surface area contributed by atoms with E-state index in [1.54, 1.807) is 7.11 Å². The van der Waals surface area contributed by atoms with Crippen molar-refractivity contribution in [1.29, 1.82) is 0 Å². The molecule has 2 aromatic carbocycles. The number of nitrogens with one attached hydrogen (secondary N) is 1. The van der Waals surface area contributed by atoms with Crippen LogP contribution in [0.5, 0.6) is 5.75 Å². The van der Waals surface area contributed by atoms with Crippen molar-refractivity contribution in [1.82, 2.24) is 5.32 Å². The number of rotatable bonds is 6. The lowest BCUT2D eigenvalue weighted by atomic mass is 9.98. The van der Waals surface area contributed by atoms with Gasteiger partial charge in [-0.2, -0.15) is 0 Å². The van der Waals surface area contributed by atoms with Gasteiger partial charge in [-0.1, -0.05) is 25.1 Å². The molecule has 0 amide bonds. The SMILES string of the molecule is CCNC(Cc1c(F)cccc1F)c1cccc(OC)c1. The van der Waals surface area contributed by atoms with Crippen molar-refractivity contribution in [3.05, 3.63) is 65.2 Å². The van der Waals surface area contributed by atoms with Gasteiger partial charge in [-0.15, -0.1) is 0 Å². The number of halogens is 2. The first-order valence-corrected chi connectivity index (χ1v) is 6.96. The zero-order valence-electron chi connectivity index (χ0n) is 12.2. The van der Waals surface area contributed by atoms with Gasteiger partial charge < -0.3 is 10.1 Å². The normalized spacial score (nSPS) is 12.2. The molecule has 0 aliphatic heterocycles. The molecule has 0 fully saturated rings. The van der Waals surface area contributed by atoms with Gasteiger partial charge in [0.15, 0.2) is 0 Å². The highest BCUT2D eigenvalue weighted by atomic mass is 19.1. The van der Waals surface area contributed by atoms with E-state index in [0.717, 1.165) is 11.3 Å². The highest BCUT2D eigenvalue weighted by molar-refractivity contribution is 5.32. The Morgan fingerprint density at radius 2 is 1.76 bits per heavy atom. The lowest BCUT2D eigenvalue weighted by molar-refractivity contribution is 0.412. The second-order valence-corrected chi connectivity index (χ2v) is 4.79. The third-order valence-corrected chi connectivity index (χ3v) is 3.42. The number of hydrogen-bond donors (Lipinski definition) is 1. The van der Waals surface area contributed by atoms with Crippen molar-refractivity contribution < 1.29 is 13.5 Å². The Bertz CT molecular complexity index is 581. The van der Waals surface area contributed by atoms with E-state index < -0.39 is 11.6 Å². The van der Waals surface area contributed by atoms with Crippen LogP contribution in [0.2, 0.25) is 0 Å². The van der Waals surface area contributed by atoms with Gasteiger partial charge in [0.2, 0.25) is 0 Å². The van der Waals surface area contributed by atoms with E-state index in [9.17, 15) is 8.78 Å². The van der Waals surface area contributed by atoms with Crippen molar-refractivity contribution in [2.45, 2.75) is 19.4 Å². The van der Waals surface area contributed by atoms with Gasteiger partial charge in [0, 0.05) is 11.6 Å². The zero-order valence-corrected chi connectivity index (χ0v) is 12.2. The summed E-state index contributed by atoms with van der Waals surface area (Å²) < 4.78 is 32.8. The first kappa shape index (κ1) is 15.4. The van der Waals surface area contributed by atoms with Crippen LogP contribution in [0.3, 0.4) is 0 Å². The van der Waals surface area contributed by atoms with Crippen LogP contribution >= 0.6 is 0 Å². The molecule has 0 aromatic heterocycles. The minimum Gasteiger partial charge on any atom is -0.497 e. The fraction of sp³-hybridized carbons (Fsp3) is 0.294. The van der Waals surface area contributed by atoms with Crippen molar-refractivity contribution in [2.75, 3.05) is 13.7 Å². The Morgan fingerprint density at radius 1 is 1.10 bits per heavy atom. The third-order valence-electron chi connectivity index (χ3n) is 3.42. The van der Waals surface area contributed by atoms with Crippen LogP contribution in [-0.2, 0) is 6.42 Å². The first-order chi connectivity index (χ1) is 10.2. The van der Waals surface area contributed by atoms with E-state index in [0.29, 0.717) is 6.54 Å². The standard InChI is InChI=1S/C17H19F2NO/c1-3-20-17(12-6-4-7-13(10-12)21-2)11-14-15(18)8-5-9-16(14)19/h4-10,17,20H,3,11H2,1-2H3. The van der Waals surface area contributed by atoms with Gasteiger partial charge in [0.05, 0.1) is 7.11 Å². The lowest BCUT2D eigenvalue weighted by Crippen LogP contribution is -2.23. The van der Waals surface area contributed by atoms with Crippen molar-refractivity contribution in [2.24, 2.45) is 0 Å². The van der Waals surface area contributed by atoms with E-state index in [2.05, 4.69) is 5.32 Å². The Morgan fingerprint density at radius 3 is 2.38 bits per heavy atom. The molecule has 0 aliphatic rings. The summed E-state index contributed by atoms with van der Waals surface area (Å²) in [6.07, 6.45) is 0.250. The second kappa shape index (κ2) is 7.18. The molecule has 0 spiro atoms. The summed E-state index contributed by atoms with van der Waals surface area (Å²) in [5, 5.41) is 3.26. The Labute approximate surface area is 123 Å². The van der Waals surface area contributed by atoms with Crippen LogP contribution in [0, 0.1) is 11.6 Å². The summed E-state index contributed by atoms with van der Waals surface area (Å²) >= 11 is 0. The average Bonchev–Trinajstić information content (AvgIpc) is 2.50. The minimum absolute atomic E-state index is 0.103. The molecule has 1 atom stereocenters. The highest BCUT2D eigenvalue weighted by Gasteiger charge is 2.17. The molecule has 0 saturated carbocycles. The molecule has 21 heavy (non-hydrogen) atoms. The number of hydrogen-bond acceptors (Lipinski definition) is 2. The molecule has 1 N–H and O–H groups in total. The van der Waals surface area contributed by atoms with Gasteiger partial charge in [-0.3, -0.25) is 0 Å². The average molecular weight is 291 g/mol. The molecule has 0 saturated heterocycles. The molecule has 0 radical (unpaired) electrons. The number of benzene rings is 2. The van der Waals surface area contributed by atoms with Crippen LogP contribution < -0.4 is 10.1 Å². The lowest BCUT2D eigenvalue weighted by Gasteiger charge is -2.19. The van der Waals surface area contributed by atoms with E-state index in [-0.39, 0.29) is 18.0 Å². The molecule has 0 heterocycles. The van der Waals surface area contributed by atoms with Crippen LogP contribution in [0.1, 0.15) is 24.1 Å². The summed E-state index contributed by atoms with van der Waals surface area (Å²) in [6.45, 7) is 2.67. The maximum Gasteiger partial charge on any atom is 0.129 e. The van der Waals surface area contributed by atoms with Gasteiger partial charge in [-0.05, 0) is 42.8 Å². The summed E-state index contributed by atoms with van der Waals surface area (Å²) in [5.74, 6) is -0.300. The van der Waals surface area contributed by atoms with Crippen LogP contribution in [-0.4, -0.2) is 13.7 Å². The topological polar surface area (TPSA) is 21.3 Å². The maximum atomic E-state index is 13.8. The van der Waals surface area contributed by atoms with E-state index >= 15 is 0 Å². The van der Waals surface area contributed by atoms with Crippen LogP contribution in [0.15, 0.2) is 42.5 Å². The Balaban J connectivity index is 2.30. The number of ether oxygens (including phenoxy) is 1. The Hall–Kier alpha value is -1.94. The van der Waals surface area contributed by atoms with Gasteiger partial charge in [0.1, 0.15) is 17.4 Å². The molecule has 2 aromatic rings. The fourth-order valence-corrected chi connectivity index (χ4v) is 2.34. The third kappa shape index (κ3) is 3.79. The molecular weight excluding hydrogens is 272 g/mol. The molecule has 4 heteroatoms. The molecular formula is C17H19F2NO. The second-order valence-electron chi connectivity index (χ2n) is 4.79. The predicted octanol–water partition coefficient (Wildman–Crippen LogP) is 3.87. The van der Waals surface area contributed by atoms with Crippen molar-refractivity contribution >= 4 is 0 Å². The highest BCUT2D eigenvalue weighted by Crippen LogP contribution is 2.24. The van der Waals surface area contributed by atoms with Crippen LogP contribution in [0.4, 0.5) is 8.78 Å². The van der Waals surface area contributed by atoms with Crippen molar-refractivity contribution in [3.63, 3.8) is 0 Å². The van der Waals surface area contributed by atoms with E-state index in [4.69, 9.17) is 4.74 Å². The maximum absolute atomic E-state index is 13.8. The summed E-state index contributed by atoms with van der Waals surface area (Å²) in [7, 11) is 1.60. The molecule has 2 nitrogen and oxygen atoms in total. The molecule has 1 unspecified atom stereocenters. The monoisotopic (exact) mass is 291 g/mol. The first-order valence-electron chi connectivity index (χ1n) is 6.96. The van der Waals surface area contributed by atoms with Crippen molar-refractivity contribution in [3.8, 4) is 5.75 Å². The van der Waals surface area contributed by atoms with Gasteiger partial charge in [-0.25, -0.2) is 8.78 Å².